The van der Waals surface area contributed by atoms with Gasteiger partial charge in [-0.05, 0) is 24.6 Å². The zero-order chi connectivity index (χ0) is 12.8. The summed E-state index contributed by atoms with van der Waals surface area (Å²) >= 11 is 0. The van der Waals surface area contributed by atoms with Gasteiger partial charge in [0.05, 0.1) is 13.2 Å². The zero-order valence-corrected chi connectivity index (χ0v) is 10.9. The molecule has 0 amide bonds. The standard InChI is InChI=1S/C14H20O4/c1-3-16-14(10-15-2)11-4-6-12(7-5-11)17-8-13-9-18-13/h4-7,13-14H,3,8-10H2,1-2H3. The SMILES string of the molecule is CCOC(COC)c1ccc(OCC2CO2)cc1. The fourth-order valence-corrected chi connectivity index (χ4v) is 1.73. The fraction of sp³-hybridized carbons (Fsp3) is 0.571. The van der Waals surface area contributed by atoms with Gasteiger partial charge in [0.1, 0.15) is 24.6 Å². The largest absolute Gasteiger partial charge is 0.491 e. The van der Waals surface area contributed by atoms with Crippen molar-refractivity contribution >= 4 is 0 Å². The van der Waals surface area contributed by atoms with Crippen LogP contribution in [0.1, 0.15) is 18.6 Å². The third-order valence-corrected chi connectivity index (χ3v) is 2.78. The number of rotatable bonds is 8. The van der Waals surface area contributed by atoms with Crippen molar-refractivity contribution in [1.29, 1.82) is 0 Å². The van der Waals surface area contributed by atoms with Gasteiger partial charge in [0.25, 0.3) is 0 Å². The zero-order valence-electron chi connectivity index (χ0n) is 10.9. The van der Waals surface area contributed by atoms with E-state index in [2.05, 4.69) is 0 Å². The smallest absolute Gasteiger partial charge is 0.119 e. The first kappa shape index (κ1) is 13.3. The summed E-state index contributed by atoms with van der Waals surface area (Å²) in [4.78, 5) is 0. The summed E-state index contributed by atoms with van der Waals surface area (Å²) < 4.78 is 21.5. The lowest BCUT2D eigenvalue weighted by Crippen LogP contribution is -2.10. The Balaban J connectivity index is 1.90. The van der Waals surface area contributed by atoms with Crippen LogP contribution in [0.15, 0.2) is 24.3 Å². The van der Waals surface area contributed by atoms with Crippen LogP contribution in [-0.4, -0.2) is 39.6 Å². The van der Waals surface area contributed by atoms with E-state index in [0.717, 1.165) is 17.9 Å². The third kappa shape index (κ3) is 3.98. The lowest BCUT2D eigenvalue weighted by Gasteiger charge is -2.16. The molecule has 2 unspecified atom stereocenters. The van der Waals surface area contributed by atoms with Crippen LogP contribution in [0.3, 0.4) is 0 Å². The molecule has 0 aromatic heterocycles. The van der Waals surface area contributed by atoms with E-state index in [1.165, 1.54) is 0 Å². The average molecular weight is 252 g/mol. The molecule has 0 spiro atoms. The van der Waals surface area contributed by atoms with Gasteiger partial charge >= 0.3 is 0 Å². The molecule has 1 saturated heterocycles. The highest BCUT2D eigenvalue weighted by molar-refractivity contribution is 5.28. The Kier molecular flexibility index (Phi) is 4.99. The van der Waals surface area contributed by atoms with Crippen molar-refractivity contribution < 1.29 is 18.9 Å². The van der Waals surface area contributed by atoms with Crippen LogP contribution in [-0.2, 0) is 14.2 Å². The van der Waals surface area contributed by atoms with E-state index < -0.39 is 0 Å². The van der Waals surface area contributed by atoms with Crippen LogP contribution >= 0.6 is 0 Å². The summed E-state index contributed by atoms with van der Waals surface area (Å²) in [6.07, 6.45) is 0.273. The quantitative estimate of drug-likeness (QED) is 0.665. The molecular formula is C14H20O4. The predicted octanol–water partition coefficient (Wildman–Crippen LogP) is 2.19. The van der Waals surface area contributed by atoms with Crippen molar-refractivity contribution in [2.45, 2.75) is 19.1 Å². The molecule has 0 radical (unpaired) electrons. The maximum Gasteiger partial charge on any atom is 0.119 e. The number of benzene rings is 1. The Morgan fingerprint density at radius 2 is 2.06 bits per heavy atom. The molecule has 2 rings (SSSR count). The summed E-state index contributed by atoms with van der Waals surface area (Å²) in [7, 11) is 1.68. The van der Waals surface area contributed by atoms with Crippen molar-refractivity contribution in [3.8, 4) is 5.75 Å². The summed E-state index contributed by atoms with van der Waals surface area (Å²) in [6.45, 7) is 4.66. The Labute approximate surface area is 108 Å². The molecule has 1 aliphatic rings. The third-order valence-electron chi connectivity index (χ3n) is 2.78. The highest BCUT2D eigenvalue weighted by Gasteiger charge is 2.23. The summed E-state index contributed by atoms with van der Waals surface area (Å²) in [5.41, 5.74) is 1.11. The first-order valence-electron chi connectivity index (χ1n) is 6.28. The minimum Gasteiger partial charge on any atom is -0.491 e. The minimum atomic E-state index is -0.0131. The van der Waals surface area contributed by atoms with Gasteiger partial charge in [0.15, 0.2) is 0 Å². The first-order valence-corrected chi connectivity index (χ1v) is 6.28. The van der Waals surface area contributed by atoms with E-state index in [9.17, 15) is 0 Å². The molecule has 0 saturated carbocycles. The van der Waals surface area contributed by atoms with Gasteiger partial charge in [-0.3, -0.25) is 0 Å². The molecule has 4 nitrogen and oxygen atoms in total. The molecule has 4 heteroatoms. The molecule has 0 bridgehead atoms. The Hall–Kier alpha value is -1.10. The van der Waals surface area contributed by atoms with Gasteiger partial charge in [-0.25, -0.2) is 0 Å². The topological polar surface area (TPSA) is 40.2 Å². The summed E-state index contributed by atoms with van der Waals surface area (Å²) in [6, 6.07) is 7.95. The minimum absolute atomic E-state index is 0.0131. The second-order valence-electron chi connectivity index (χ2n) is 4.23. The van der Waals surface area contributed by atoms with Gasteiger partial charge in [-0.2, -0.15) is 0 Å². The normalized spacial score (nSPS) is 19.6. The number of ether oxygens (including phenoxy) is 4. The van der Waals surface area contributed by atoms with Crippen LogP contribution < -0.4 is 4.74 Å². The monoisotopic (exact) mass is 252 g/mol. The molecule has 1 aliphatic heterocycles. The number of epoxide rings is 1. The second kappa shape index (κ2) is 6.73. The molecule has 1 fully saturated rings. The molecule has 18 heavy (non-hydrogen) atoms. The molecule has 1 aromatic rings. The molecular weight excluding hydrogens is 232 g/mol. The molecule has 100 valence electrons. The Morgan fingerprint density at radius 1 is 1.33 bits per heavy atom. The van der Waals surface area contributed by atoms with Crippen LogP contribution in [0, 0.1) is 0 Å². The molecule has 0 aliphatic carbocycles. The van der Waals surface area contributed by atoms with Crippen LogP contribution in [0.5, 0.6) is 5.75 Å². The Bertz CT molecular complexity index is 339. The van der Waals surface area contributed by atoms with E-state index in [0.29, 0.717) is 19.8 Å². The van der Waals surface area contributed by atoms with Crippen molar-refractivity contribution in [2.75, 3.05) is 33.5 Å². The van der Waals surface area contributed by atoms with Gasteiger partial charge in [-0.15, -0.1) is 0 Å². The van der Waals surface area contributed by atoms with E-state index >= 15 is 0 Å². The van der Waals surface area contributed by atoms with Gasteiger partial charge in [-0.1, -0.05) is 12.1 Å². The maximum absolute atomic E-state index is 5.63. The highest BCUT2D eigenvalue weighted by Crippen LogP contribution is 2.22. The number of methoxy groups -OCH3 is 1. The molecule has 2 atom stereocenters. The molecule has 1 aromatic carbocycles. The lowest BCUT2D eigenvalue weighted by atomic mass is 10.1. The summed E-state index contributed by atoms with van der Waals surface area (Å²) in [5.74, 6) is 0.863. The number of hydrogen-bond donors (Lipinski definition) is 0. The van der Waals surface area contributed by atoms with E-state index in [4.69, 9.17) is 18.9 Å². The van der Waals surface area contributed by atoms with Crippen molar-refractivity contribution in [1.82, 2.24) is 0 Å². The van der Waals surface area contributed by atoms with Crippen molar-refractivity contribution in [3.63, 3.8) is 0 Å². The van der Waals surface area contributed by atoms with Crippen LogP contribution in [0.25, 0.3) is 0 Å². The lowest BCUT2D eigenvalue weighted by molar-refractivity contribution is 0.00277. The van der Waals surface area contributed by atoms with Gasteiger partial charge in [0.2, 0.25) is 0 Å². The van der Waals surface area contributed by atoms with Crippen molar-refractivity contribution in [3.05, 3.63) is 29.8 Å². The molecule has 1 heterocycles. The second-order valence-corrected chi connectivity index (χ2v) is 4.23. The fourth-order valence-electron chi connectivity index (χ4n) is 1.73. The van der Waals surface area contributed by atoms with Crippen LogP contribution in [0.2, 0.25) is 0 Å². The van der Waals surface area contributed by atoms with E-state index in [1.807, 2.05) is 31.2 Å². The van der Waals surface area contributed by atoms with Gasteiger partial charge in [0, 0.05) is 13.7 Å². The highest BCUT2D eigenvalue weighted by atomic mass is 16.6. The van der Waals surface area contributed by atoms with Crippen LogP contribution in [0.4, 0.5) is 0 Å². The van der Waals surface area contributed by atoms with E-state index in [-0.39, 0.29) is 12.2 Å². The van der Waals surface area contributed by atoms with Crippen molar-refractivity contribution in [2.24, 2.45) is 0 Å². The van der Waals surface area contributed by atoms with E-state index in [1.54, 1.807) is 7.11 Å². The number of hydrogen-bond acceptors (Lipinski definition) is 4. The first-order chi connectivity index (χ1) is 8.83. The maximum atomic E-state index is 5.63. The predicted molar refractivity (Wildman–Crippen MR) is 67.9 cm³/mol. The summed E-state index contributed by atoms with van der Waals surface area (Å²) in [5, 5.41) is 0. The van der Waals surface area contributed by atoms with Gasteiger partial charge < -0.3 is 18.9 Å². The molecule has 0 N–H and O–H groups in total. The average Bonchev–Trinajstić information content (AvgIpc) is 3.21. The Morgan fingerprint density at radius 3 is 2.61 bits per heavy atom.